The molecule has 8 heteroatoms. The molecular formula is C19H15BrINO4S. The number of hydrogen-bond acceptors (Lipinski definition) is 5. The first-order valence-corrected chi connectivity index (χ1v) is 10.5. The van der Waals surface area contributed by atoms with Crippen molar-refractivity contribution in [2.24, 2.45) is 0 Å². The fraction of sp³-hybridized carbons (Fsp3) is 0.158. The number of rotatable bonds is 5. The summed E-state index contributed by atoms with van der Waals surface area (Å²) in [6, 6.07) is 11.3. The molecule has 1 heterocycles. The predicted molar refractivity (Wildman–Crippen MR) is 118 cm³/mol. The maximum absolute atomic E-state index is 12.7. The number of hydrogen-bond donors (Lipinski definition) is 0. The Bertz CT molecular complexity index is 930. The molecule has 0 unspecified atom stereocenters. The van der Waals surface area contributed by atoms with Gasteiger partial charge in [0, 0.05) is 3.57 Å². The smallest absolute Gasteiger partial charge is 0.293 e. The molecule has 0 atom stereocenters. The lowest BCUT2D eigenvalue weighted by Gasteiger charge is -2.12. The third kappa shape index (κ3) is 4.49. The van der Waals surface area contributed by atoms with Gasteiger partial charge in [-0.1, -0.05) is 12.1 Å². The zero-order chi connectivity index (χ0) is 19.6. The molecule has 2 amide bonds. The number of methoxy groups -OCH3 is 2. The highest BCUT2D eigenvalue weighted by Crippen LogP contribution is 2.39. The molecule has 0 spiro atoms. The number of halogens is 2. The maximum Gasteiger partial charge on any atom is 0.293 e. The number of ether oxygens (including phenoxy) is 2. The van der Waals surface area contributed by atoms with Crippen molar-refractivity contribution >= 4 is 67.5 Å². The molecule has 0 radical (unpaired) electrons. The van der Waals surface area contributed by atoms with E-state index in [2.05, 4.69) is 38.5 Å². The minimum absolute atomic E-state index is 0.258. The van der Waals surface area contributed by atoms with Crippen molar-refractivity contribution in [1.82, 2.24) is 4.90 Å². The highest BCUT2D eigenvalue weighted by molar-refractivity contribution is 14.1. The molecule has 5 nitrogen and oxygen atoms in total. The van der Waals surface area contributed by atoms with Gasteiger partial charge in [-0.25, -0.2) is 0 Å². The number of benzene rings is 2. The number of imide groups is 1. The Balaban J connectivity index is 1.86. The van der Waals surface area contributed by atoms with Gasteiger partial charge in [0.2, 0.25) is 0 Å². The maximum atomic E-state index is 12.7. The van der Waals surface area contributed by atoms with E-state index in [1.54, 1.807) is 26.4 Å². The Hall–Kier alpha value is -1.52. The number of nitrogens with zero attached hydrogens (tertiary/aromatic N) is 1. The van der Waals surface area contributed by atoms with Gasteiger partial charge in [-0.05, 0) is 91.8 Å². The average Bonchev–Trinajstić information content (AvgIpc) is 2.90. The van der Waals surface area contributed by atoms with Crippen LogP contribution in [-0.4, -0.2) is 30.3 Å². The lowest BCUT2D eigenvalue weighted by molar-refractivity contribution is -0.123. The van der Waals surface area contributed by atoms with Crippen LogP contribution < -0.4 is 9.47 Å². The van der Waals surface area contributed by atoms with Crippen LogP contribution in [0.5, 0.6) is 11.5 Å². The van der Waals surface area contributed by atoms with Crippen LogP contribution in [0.15, 0.2) is 45.8 Å². The van der Waals surface area contributed by atoms with Crippen molar-refractivity contribution in [1.29, 1.82) is 0 Å². The van der Waals surface area contributed by atoms with E-state index in [4.69, 9.17) is 9.47 Å². The van der Waals surface area contributed by atoms with E-state index in [9.17, 15) is 9.59 Å². The number of amides is 2. The molecule has 1 aliphatic rings. The van der Waals surface area contributed by atoms with Gasteiger partial charge < -0.3 is 9.47 Å². The molecule has 1 saturated heterocycles. The van der Waals surface area contributed by atoms with Gasteiger partial charge in [0.25, 0.3) is 11.1 Å². The fourth-order valence-corrected chi connectivity index (χ4v) is 4.40. The molecule has 0 N–H and O–H groups in total. The Kier molecular flexibility index (Phi) is 6.48. The van der Waals surface area contributed by atoms with Crippen molar-refractivity contribution in [2.75, 3.05) is 14.2 Å². The lowest BCUT2D eigenvalue weighted by atomic mass is 10.1. The summed E-state index contributed by atoms with van der Waals surface area (Å²) in [5.74, 6) is 0.812. The van der Waals surface area contributed by atoms with Crippen LogP contribution in [0.2, 0.25) is 0 Å². The molecule has 140 valence electrons. The first-order valence-electron chi connectivity index (χ1n) is 7.84. The Morgan fingerprint density at radius 3 is 2.48 bits per heavy atom. The minimum atomic E-state index is -0.297. The van der Waals surface area contributed by atoms with E-state index in [0.29, 0.717) is 20.9 Å². The summed E-state index contributed by atoms with van der Waals surface area (Å²) < 4.78 is 12.4. The number of carbonyl (C=O) groups excluding carboxylic acids is 2. The Labute approximate surface area is 183 Å². The van der Waals surface area contributed by atoms with Crippen LogP contribution in [0.1, 0.15) is 11.1 Å². The molecule has 2 aromatic carbocycles. The number of thioether (sulfide) groups is 1. The van der Waals surface area contributed by atoms with Crippen LogP contribution in [0.25, 0.3) is 6.08 Å². The van der Waals surface area contributed by atoms with Crippen LogP contribution in [0, 0.1) is 3.57 Å². The Morgan fingerprint density at radius 2 is 1.85 bits per heavy atom. The van der Waals surface area contributed by atoms with Crippen LogP contribution in [0.3, 0.4) is 0 Å². The average molecular weight is 560 g/mol. The van der Waals surface area contributed by atoms with Gasteiger partial charge in [0.1, 0.15) is 0 Å². The van der Waals surface area contributed by atoms with Gasteiger partial charge in [-0.2, -0.15) is 0 Å². The quantitative estimate of drug-likeness (QED) is 0.367. The zero-order valence-corrected chi connectivity index (χ0v) is 19.1. The minimum Gasteiger partial charge on any atom is -0.493 e. The summed E-state index contributed by atoms with van der Waals surface area (Å²) in [5, 5.41) is -0.274. The van der Waals surface area contributed by atoms with Crippen LogP contribution in [-0.2, 0) is 11.3 Å². The van der Waals surface area contributed by atoms with Gasteiger partial charge in [-0.3, -0.25) is 14.5 Å². The van der Waals surface area contributed by atoms with Crippen molar-refractivity contribution in [3.05, 3.63) is 60.5 Å². The highest BCUT2D eigenvalue weighted by Gasteiger charge is 2.35. The summed E-state index contributed by atoms with van der Waals surface area (Å²) >= 11 is 6.59. The normalized spacial score (nSPS) is 15.6. The highest BCUT2D eigenvalue weighted by atomic mass is 127. The first-order chi connectivity index (χ1) is 12.9. The lowest BCUT2D eigenvalue weighted by Crippen LogP contribution is -2.27. The second-order valence-electron chi connectivity index (χ2n) is 5.63. The third-order valence-corrected chi connectivity index (χ3v) is 6.10. The van der Waals surface area contributed by atoms with Gasteiger partial charge in [0.15, 0.2) is 11.5 Å². The Morgan fingerprint density at radius 1 is 1.15 bits per heavy atom. The van der Waals surface area contributed by atoms with E-state index in [1.165, 1.54) is 4.90 Å². The second-order valence-corrected chi connectivity index (χ2v) is 8.73. The second kappa shape index (κ2) is 8.66. The third-order valence-electron chi connectivity index (χ3n) is 3.88. The molecular weight excluding hydrogens is 545 g/mol. The molecule has 0 aromatic heterocycles. The van der Waals surface area contributed by atoms with Crippen molar-refractivity contribution in [2.45, 2.75) is 6.54 Å². The van der Waals surface area contributed by atoms with Crippen LogP contribution >= 0.6 is 50.3 Å². The summed E-state index contributed by atoms with van der Waals surface area (Å²) in [6.45, 7) is 0.258. The SMILES string of the molecule is COc1cc(/C=C2\SC(=O)N(Cc3ccc(I)cc3)C2=O)cc(Br)c1OC. The van der Waals surface area contributed by atoms with Gasteiger partial charge in [-0.15, -0.1) is 0 Å². The molecule has 1 fully saturated rings. The predicted octanol–water partition coefficient (Wildman–Crippen LogP) is 5.31. The summed E-state index contributed by atoms with van der Waals surface area (Å²) in [6.07, 6.45) is 1.69. The van der Waals surface area contributed by atoms with E-state index < -0.39 is 0 Å². The molecule has 27 heavy (non-hydrogen) atoms. The molecule has 0 aliphatic carbocycles. The molecule has 2 aromatic rings. The molecule has 3 rings (SSSR count). The molecule has 0 saturated carbocycles. The summed E-state index contributed by atoms with van der Waals surface area (Å²) in [5.41, 5.74) is 1.65. The zero-order valence-electron chi connectivity index (χ0n) is 14.5. The standard InChI is InChI=1S/C19H15BrINO4S/c1-25-15-8-12(7-14(20)17(15)26-2)9-16-18(23)22(19(24)27-16)10-11-3-5-13(21)6-4-11/h3-9H,10H2,1-2H3/b16-9-. The number of carbonyl (C=O) groups is 2. The van der Waals surface area contributed by atoms with Crippen LogP contribution in [0.4, 0.5) is 4.79 Å². The fourth-order valence-electron chi connectivity index (χ4n) is 2.58. The summed E-state index contributed by atoms with van der Waals surface area (Å²) in [4.78, 5) is 26.7. The molecule has 1 aliphatic heterocycles. The topological polar surface area (TPSA) is 55.8 Å². The van der Waals surface area contributed by atoms with E-state index in [1.807, 2.05) is 30.3 Å². The van der Waals surface area contributed by atoms with E-state index >= 15 is 0 Å². The van der Waals surface area contributed by atoms with Gasteiger partial charge in [0.05, 0.1) is 30.1 Å². The van der Waals surface area contributed by atoms with Crippen molar-refractivity contribution in [3.63, 3.8) is 0 Å². The van der Waals surface area contributed by atoms with E-state index in [-0.39, 0.29) is 17.7 Å². The monoisotopic (exact) mass is 559 g/mol. The van der Waals surface area contributed by atoms with E-state index in [0.717, 1.165) is 26.5 Å². The molecule has 0 bridgehead atoms. The largest absolute Gasteiger partial charge is 0.493 e. The first kappa shape index (κ1) is 20.2. The van der Waals surface area contributed by atoms with Crippen molar-refractivity contribution < 1.29 is 19.1 Å². The van der Waals surface area contributed by atoms with Gasteiger partial charge >= 0.3 is 0 Å². The summed E-state index contributed by atoms with van der Waals surface area (Å²) in [7, 11) is 3.10. The van der Waals surface area contributed by atoms with Crippen molar-refractivity contribution in [3.8, 4) is 11.5 Å².